The summed E-state index contributed by atoms with van der Waals surface area (Å²) in [6.07, 6.45) is 1.98. The second-order valence-electron chi connectivity index (χ2n) is 5.70. The van der Waals surface area contributed by atoms with Crippen molar-refractivity contribution in [2.45, 2.75) is 19.4 Å². The van der Waals surface area contributed by atoms with Crippen LogP contribution < -0.4 is 4.74 Å². The lowest BCUT2D eigenvalue weighted by atomic mass is 9.98. The molecule has 0 saturated heterocycles. The highest BCUT2D eigenvalue weighted by molar-refractivity contribution is 6.30. The number of aromatic nitrogens is 1. The van der Waals surface area contributed by atoms with Gasteiger partial charge in [0.15, 0.2) is 0 Å². The SMILES string of the molecule is C=CC(C)c1c(COc2ccc(Cl)cc2)n(C)c2ccccc12. The lowest BCUT2D eigenvalue weighted by Crippen LogP contribution is -2.05. The van der Waals surface area contributed by atoms with Gasteiger partial charge in [-0.15, -0.1) is 6.58 Å². The van der Waals surface area contributed by atoms with E-state index in [4.69, 9.17) is 16.3 Å². The molecule has 118 valence electrons. The molecule has 0 spiro atoms. The summed E-state index contributed by atoms with van der Waals surface area (Å²) in [4.78, 5) is 0. The summed E-state index contributed by atoms with van der Waals surface area (Å²) in [6, 6.07) is 15.9. The molecule has 1 unspecified atom stereocenters. The van der Waals surface area contributed by atoms with E-state index in [9.17, 15) is 0 Å². The molecule has 2 aromatic carbocycles. The van der Waals surface area contributed by atoms with Crippen molar-refractivity contribution < 1.29 is 4.74 Å². The highest BCUT2D eigenvalue weighted by Gasteiger charge is 2.18. The van der Waals surface area contributed by atoms with Crippen LogP contribution in [0.1, 0.15) is 24.1 Å². The summed E-state index contributed by atoms with van der Waals surface area (Å²) in [5.74, 6) is 1.08. The average Bonchev–Trinajstić information content (AvgIpc) is 2.86. The van der Waals surface area contributed by atoms with Gasteiger partial charge < -0.3 is 9.30 Å². The van der Waals surface area contributed by atoms with Crippen molar-refractivity contribution in [3.63, 3.8) is 0 Å². The Morgan fingerprint density at radius 1 is 1.17 bits per heavy atom. The largest absolute Gasteiger partial charge is 0.487 e. The van der Waals surface area contributed by atoms with E-state index in [0.717, 1.165) is 5.75 Å². The first kappa shape index (κ1) is 15.7. The smallest absolute Gasteiger partial charge is 0.129 e. The standard InChI is InChI=1S/C20H20ClNO/c1-4-14(2)20-17-7-5-6-8-18(17)22(3)19(20)13-23-16-11-9-15(21)10-12-16/h4-12,14H,1,13H2,2-3H3. The molecule has 0 bridgehead atoms. The molecule has 0 radical (unpaired) electrons. The lowest BCUT2D eigenvalue weighted by Gasteiger charge is -2.13. The molecule has 0 aliphatic rings. The van der Waals surface area contributed by atoms with Crippen LogP contribution in [-0.4, -0.2) is 4.57 Å². The first-order chi connectivity index (χ1) is 11.1. The molecule has 1 aromatic heterocycles. The second kappa shape index (κ2) is 6.51. The predicted octanol–water partition coefficient (Wildman–Crippen LogP) is 5.70. The molecule has 0 amide bonds. The molecule has 0 aliphatic heterocycles. The molecule has 1 heterocycles. The van der Waals surface area contributed by atoms with Gasteiger partial charge in [0.2, 0.25) is 0 Å². The fourth-order valence-corrected chi connectivity index (χ4v) is 3.08. The van der Waals surface area contributed by atoms with E-state index in [2.05, 4.69) is 49.4 Å². The van der Waals surface area contributed by atoms with Crippen LogP contribution in [0.4, 0.5) is 0 Å². The van der Waals surface area contributed by atoms with Crippen LogP contribution in [0.25, 0.3) is 10.9 Å². The number of hydrogen-bond donors (Lipinski definition) is 0. The maximum atomic E-state index is 5.98. The van der Waals surface area contributed by atoms with E-state index in [1.807, 2.05) is 30.3 Å². The van der Waals surface area contributed by atoms with Crippen molar-refractivity contribution in [2.75, 3.05) is 0 Å². The number of fused-ring (bicyclic) bond motifs is 1. The molecule has 2 nitrogen and oxygen atoms in total. The van der Waals surface area contributed by atoms with E-state index in [1.54, 1.807) is 0 Å². The Balaban J connectivity index is 2.00. The summed E-state index contributed by atoms with van der Waals surface area (Å²) in [5.41, 5.74) is 3.67. The first-order valence-electron chi connectivity index (χ1n) is 7.69. The molecular weight excluding hydrogens is 306 g/mol. The van der Waals surface area contributed by atoms with Crippen molar-refractivity contribution >= 4 is 22.5 Å². The minimum absolute atomic E-state index is 0.268. The monoisotopic (exact) mass is 325 g/mol. The number of nitrogens with zero attached hydrogens (tertiary/aromatic N) is 1. The number of para-hydroxylation sites is 1. The van der Waals surface area contributed by atoms with E-state index in [0.29, 0.717) is 11.6 Å². The van der Waals surface area contributed by atoms with Crippen LogP contribution in [0.2, 0.25) is 5.02 Å². The van der Waals surface area contributed by atoms with Crippen LogP contribution in [0.5, 0.6) is 5.75 Å². The van der Waals surface area contributed by atoms with Gasteiger partial charge >= 0.3 is 0 Å². The quantitative estimate of drug-likeness (QED) is 0.549. The molecule has 0 saturated carbocycles. The fraction of sp³-hybridized carbons (Fsp3) is 0.200. The zero-order valence-corrected chi connectivity index (χ0v) is 14.2. The van der Waals surface area contributed by atoms with Crippen LogP contribution in [0.15, 0.2) is 61.2 Å². The zero-order chi connectivity index (χ0) is 16.4. The normalized spacial score (nSPS) is 12.3. The first-order valence-corrected chi connectivity index (χ1v) is 8.06. The van der Waals surface area contributed by atoms with Gasteiger partial charge in [-0.1, -0.05) is 42.8 Å². The molecule has 3 aromatic rings. The summed E-state index contributed by atoms with van der Waals surface area (Å²) >= 11 is 5.92. The highest BCUT2D eigenvalue weighted by Crippen LogP contribution is 2.32. The van der Waals surface area contributed by atoms with Crippen LogP contribution in [0, 0.1) is 0 Å². The predicted molar refractivity (Wildman–Crippen MR) is 97.3 cm³/mol. The Hall–Kier alpha value is -2.19. The summed E-state index contributed by atoms with van der Waals surface area (Å²) in [6.45, 7) is 6.64. The lowest BCUT2D eigenvalue weighted by molar-refractivity contribution is 0.296. The second-order valence-corrected chi connectivity index (χ2v) is 6.14. The van der Waals surface area contributed by atoms with Gasteiger partial charge in [-0.25, -0.2) is 0 Å². The molecule has 23 heavy (non-hydrogen) atoms. The Morgan fingerprint density at radius 3 is 2.57 bits per heavy atom. The average molecular weight is 326 g/mol. The number of aryl methyl sites for hydroxylation is 1. The minimum atomic E-state index is 0.268. The Labute approximate surface area is 142 Å². The van der Waals surface area contributed by atoms with Crippen LogP contribution in [-0.2, 0) is 13.7 Å². The molecule has 3 heteroatoms. The third kappa shape index (κ3) is 2.99. The molecule has 0 aliphatic carbocycles. The number of rotatable bonds is 5. The van der Waals surface area contributed by atoms with E-state index in [1.165, 1.54) is 22.2 Å². The Bertz CT molecular complexity index is 833. The van der Waals surface area contributed by atoms with Gasteiger partial charge in [-0.05, 0) is 35.9 Å². The summed E-state index contributed by atoms with van der Waals surface area (Å²) in [5, 5.41) is 1.97. The fourth-order valence-electron chi connectivity index (χ4n) is 2.96. The zero-order valence-electron chi connectivity index (χ0n) is 13.4. The number of ether oxygens (including phenoxy) is 1. The number of halogens is 1. The van der Waals surface area contributed by atoms with Crippen molar-refractivity contribution in [1.29, 1.82) is 0 Å². The van der Waals surface area contributed by atoms with Gasteiger partial charge in [0.05, 0.1) is 5.69 Å². The van der Waals surface area contributed by atoms with Crippen LogP contribution >= 0.6 is 11.6 Å². The number of benzene rings is 2. The van der Waals surface area contributed by atoms with Gasteiger partial charge in [-0.2, -0.15) is 0 Å². The van der Waals surface area contributed by atoms with Crippen LogP contribution in [0.3, 0.4) is 0 Å². The Kier molecular flexibility index (Phi) is 4.44. The third-order valence-electron chi connectivity index (χ3n) is 4.27. The molecule has 1 atom stereocenters. The number of allylic oxidation sites excluding steroid dienone is 1. The topological polar surface area (TPSA) is 14.2 Å². The molecule has 0 N–H and O–H groups in total. The summed E-state index contributed by atoms with van der Waals surface area (Å²) < 4.78 is 8.19. The minimum Gasteiger partial charge on any atom is -0.487 e. The number of hydrogen-bond acceptors (Lipinski definition) is 1. The maximum absolute atomic E-state index is 5.98. The third-order valence-corrected chi connectivity index (χ3v) is 4.52. The van der Waals surface area contributed by atoms with Gasteiger partial charge in [0.1, 0.15) is 12.4 Å². The van der Waals surface area contributed by atoms with Crippen molar-refractivity contribution in [3.05, 3.63) is 77.5 Å². The van der Waals surface area contributed by atoms with Gasteiger partial charge in [-0.3, -0.25) is 0 Å². The van der Waals surface area contributed by atoms with E-state index >= 15 is 0 Å². The van der Waals surface area contributed by atoms with Crippen molar-refractivity contribution in [3.8, 4) is 5.75 Å². The highest BCUT2D eigenvalue weighted by atomic mass is 35.5. The van der Waals surface area contributed by atoms with Gasteiger partial charge in [0, 0.05) is 28.9 Å². The van der Waals surface area contributed by atoms with E-state index in [-0.39, 0.29) is 5.92 Å². The maximum Gasteiger partial charge on any atom is 0.129 e. The summed E-state index contributed by atoms with van der Waals surface area (Å²) in [7, 11) is 2.09. The van der Waals surface area contributed by atoms with Gasteiger partial charge in [0.25, 0.3) is 0 Å². The Morgan fingerprint density at radius 2 is 1.87 bits per heavy atom. The van der Waals surface area contributed by atoms with Crippen molar-refractivity contribution in [2.24, 2.45) is 7.05 Å². The molecule has 3 rings (SSSR count). The van der Waals surface area contributed by atoms with E-state index < -0.39 is 0 Å². The molecule has 0 fully saturated rings. The molecular formula is C20H20ClNO. The van der Waals surface area contributed by atoms with Crippen molar-refractivity contribution in [1.82, 2.24) is 4.57 Å².